The van der Waals surface area contributed by atoms with Gasteiger partial charge >= 0.3 is 6.03 Å². The number of nitrogens with one attached hydrogen (secondary N) is 2. The maximum Gasteiger partial charge on any atom is 0.319 e. The smallest absolute Gasteiger partial charge is 0.319 e. The summed E-state index contributed by atoms with van der Waals surface area (Å²) in [6.07, 6.45) is 3.44. The highest BCUT2D eigenvalue weighted by Crippen LogP contribution is 2.23. The Labute approximate surface area is 125 Å². The van der Waals surface area contributed by atoms with Gasteiger partial charge in [-0.05, 0) is 42.2 Å². The molecule has 0 aliphatic heterocycles. The number of pyridine rings is 1. The monoisotopic (exact) mass is 283 g/mol. The number of para-hydroxylation sites is 1. The van der Waals surface area contributed by atoms with Crippen LogP contribution in [0.25, 0.3) is 0 Å². The van der Waals surface area contributed by atoms with Gasteiger partial charge < -0.3 is 10.6 Å². The minimum Gasteiger partial charge on any atom is -0.331 e. The zero-order chi connectivity index (χ0) is 15.2. The number of hydrogen-bond donors (Lipinski definition) is 2. The number of carbonyl (C=O) groups excluding carboxylic acids is 1. The second kappa shape index (κ2) is 6.88. The Balaban J connectivity index is 2.02. The average Bonchev–Trinajstić information content (AvgIpc) is 2.48. The second-order valence-electron chi connectivity index (χ2n) is 5.34. The fourth-order valence-electron chi connectivity index (χ4n) is 2.20. The summed E-state index contributed by atoms with van der Waals surface area (Å²) in [5.41, 5.74) is 3.01. The molecule has 0 aliphatic carbocycles. The van der Waals surface area contributed by atoms with E-state index in [0.29, 0.717) is 5.92 Å². The zero-order valence-corrected chi connectivity index (χ0v) is 12.6. The van der Waals surface area contributed by atoms with Crippen molar-refractivity contribution in [2.75, 3.05) is 5.32 Å². The summed E-state index contributed by atoms with van der Waals surface area (Å²) in [5.74, 6) is 0.360. The maximum atomic E-state index is 12.1. The lowest BCUT2D eigenvalue weighted by atomic mass is 10.0. The fourth-order valence-corrected chi connectivity index (χ4v) is 2.20. The Morgan fingerprint density at radius 2 is 1.71 bits per heavy atom. The number of anilines is 1. The Morgan fingerprint density at radius 3 is 2.38 bits per heavy atom. The van der Waals surface area contributed by atoms with Gasteiger partial charge in [0.15, 0.2) is 0 Å². The number of benzene rings is 1. The molecule has 4 nitrogen and oxygen atoms in total. The van der Waals surface area contributed by atoms with E-state index >= 15 is 0 Å². The van der Waals surface area contributed by atoms with Crippen molar-refractivity contribution in [1.82, 2.24) is 10.3 Å². The molecule has 0 unspecified atom stereocenters. The molecule has 1 aromatic heterocycles. The molecule has 2 N–H and O–H groups in total. The van der Waals surface area contributed by atoms with Gasteiger partial charge in [-0.1, -0.05) is 32.0 Å². The first-order valence-corrected chi connectivity index (χ1v) is 7.14. The number of rotatable bonds is 4. The fraction of sp³-hybridized carbons (Fsp3) is 0.294. The molecule has 0 aliphatic rings. The Kier molecular flexibility index (Phi) is 4.93. The summed E-state index contributed by atoms with van der Waals surface area (Å²) in [6.45, 7) is 6.17. The van der Waals surface area contributed by atoms with Crippen LogP contribution in [0.5, 0.6) is 0 Å². The molecule has 0 spiro atoms. The van der Waals surface area contributed by atoms with E-state index in [9.17, 15) is 4.79 Å². The van der Waals surface area contributed by atoms with E-state index in [1.807, 2.05) is 43.3 Å². The van der Waals surface area contributed by atoms with Crippen LogP contribution in [-0.2, 0) is 0 Å². The molecule has 0 saturated carbocycles. The van der Waals surface area contributed by atoms with Crippen molar-refractivity contribution in [3.8, 4) is 0 Å². The van der Waals surface area contributed by atoms with Crippen molar-refractivity contribution in [1.29, 1.82) is 0 Å². The van der Waals surface area contributed by atoms with Crippen LogP contribution in [0.3, 0.4) is 0 Å². The van der Waals surface area contributed by atoms with Gasteiger partial charge in [-0.2, -0.15) is 0 Å². The van der Waals surface area contributed by atoms with Crippen LogP contribution in [0.1, 0.15) is 43.9 Å². The van der Waals surface area contributed by atoms with E-state index in [2.05, 4.69) is 29.5 Å². The van der Waals surface area contributed by atoms with Gasteiger partial charge in [-0.15, -0.1) is 0 Å². The van der Waals surface area contributed by atoms with E-state index in [1.165, 1.54) is 0 Å². The maximum absolute atomic E-state index is 12.1. The summed E-state index contributed by atoms with van der Waals surface area (Å²) in [5, 5.41) is 5.86. The predicted molar refractivity (Wildman–Crippen MR) is 85.3 cm³/mol. The van der Waals surface area contributed by atoms with Crippen molar-refractivity contribution < 1.29 is 4.79 Å². The lowest BCUT2D eigenvalue weighted by Gasteiger charge is -2.17. The van der Waals surface area contributed by atoms with E-state index < -0.39 is 0 Å². The predicted octanol–water partition coefficient (Wildman–Crippen LogP) is 4.09. The van der Waals surface area contributed by atoms with Crippen molar-refractivity contribution in [3.05, 3.63) is 59.9 Å². The molecule has 2 aromatic rings. The van der Waals surface area contributed by atoms with Crippen molar-refractivity contribution in [2.45, 2.75) is 32.7 Å². The summed E-state index contributed by atoms with van der Waals surface area (Å²) < 4.78 is 0. The summed E-state index contributed by atoms with van der Waals surface area (Å²) >= 11 is 0. The van der Waals surface area contributed by atoms with Gasteiger partial charge in [0.25, 0.3) is 0 Å². The van der Waals surface area contributed by atoms with Crippen LogP contribution < -0.4 is 10.6 Å². The third-order valence-corrected chi connectivity index (χ3v) is 3.38. The van der Waals surface area contributed by atoms with Crippen molar-refractivity contribution in [3.63, 3.8) is 0 Å². The first kappa shape index (κ1) is 15.0. The van der Waals surface area contributed by atoms with Crippen LogP contribution in [0.4, 0.5) is 10.5 Å². The largest absolute Gasteiger partial charge is 0.331 e. The highest BCUT2D eigenvalue weighted by Gasteiger charge is 2.12. The van der Waals surface area contributed by atoms with Crippen LogP contribution in [0, 0.1) is 0 Å². The van der Waals surface area contributed by atoms with Gasteiger partial charge in [-0.3, -0.25) is 4.98 Å². The first-order valence-electron chi connectivity index (χ1n) is 7.14. The van der Waals surface area contributed by atoms with Gasteiger partial charge in [0.1, 0.15) is 0 Å². The molecular formula is C17H21N3O. The number of aromatic nitrogens is 1. The summed E-state index contributed by atoms with van der Waals surface area (Å²) in [6, 6.07) is 11.4. The molecule has 1 atom stereocenters. The Bertz CT molecular complexity index is 596. The van der Waals surface area contributed by atoms with Crippen molar-refractivity contribution >= 4 is 11.7 Å². The van der Waals surface area contributed by atoms with Gasteiger partial charge in [-0.25, -0.2) is 4.79 Å². The quantitative estimate of drug-likeness (QED) is 0.888. The molecule has 1 aromatic carbocycles. The number of urea groups is 1. The van der Waals surface area contributed by atoms with Gasteiger partial charge in [0.05, 0.1) is 6.04 Å². The molecule has 0 fully saturated rings. The first-order chi connectivity index (χ1) is 10.1. The van der Waals surface area contributed by atoms with Crippen LogP contribution in [0.15, 0.2) is 48.8 Å². The van der Waals surface area contributed by atoms with Gasteiger partial charge in [0.2, 0.25) is 0 Å². The molecule has 0 saturated heterocycles. The summed E-state index contributed by atoms with van der Waals surface area (Å²) in [7, 11) is 0. The van der Waals surface area contributed by atoms with E-state index in [1.54, 1.807) is 12.4 Å². The van der Waals surface area contributed by atoms with E-state index in [0.717, 1.165) is 16.8 Å². The number of amides is 2. The molecule has 2 rings (SSSR count). The molecule has 0 radical (unpaired) electrons. The molecule has 4 heteroatoms. The molecule has 0 bridgehead atoms. The van der Waals surface area contributed by atoms with E-state index in [-0.39, 0.29) is 12.1 Å². The molecular weight excluding hydrogens is 262 g/mol. The molecule has 21 heavy (non-hydrogen) atoms. The number of nitrogens with zero attached hydrogens (tertiary/aromatic N) is 1. The average molecular weight is 283 g/mol. The topological polar surface area (TPSA) is 54.0 Å². The normalized spacial score (nSPS) is 12.0. The van der Waals surface area contributed by atoms with Crippen LogP contribution in [0.2, 0.25) is 0 Å². The molecule has 2 amide bonds. The SMILES string of the molecule is CC(C)c1ccccc1NC(=O)N[C@@H](C)c1ccncc1. The number of carbonyl (C=O) groups is 1. The highest BCUT2D eigenvalue weighted by molar-refractivity contribution is 5.90. The highest BCUT2D eigenvalue weighted by atomic mass is 16.2. The molecule has 1 heterocycles. The lowest BCUT2D eigenvalue weighted by Crippen LogP contribution is -2.31. The second-order valence-corrected chi connectivity index (χ2v) is 5.34. The zero-order valence-electron chi connectivity index (χ0n) is 12.6. The summed E-state index contributed by atoms with van der Waals surface area (Å²) in [4.78, 5) is 16.1. The third kappa shape index (κ3) is 4.05. The third-order valence-electron chi connectivity index (χ3n) is 3.38. The lowest BCUT2D eigenvalue weighted by molar-refractivity contribution is 0.249. The van der Waals surface area contributed by atoms with Gasteiger partial charge in [0, 0.05) is 18.1 Å². The number of hydrogen-bond acceptors (Lipinski definition) is 2. The Hall–Kier alpha value is -2.36. The standard InChI is InChI=1S/C17H21N3O/c1-12(2)15-6-4-5-7-16(15)20-17(21)19-13(3)14-8-10-18-11-9-14/h4-13H,1-3H3,(H2,19,20,21)/t13-/m0/s1. The van der Waals surface area contributed by atoms with Crippen LogP contribution >= 0.6 is 0 Å². The Morgan fingerprint density at radius 1 is 1.05 bits per heavy atom. The molecule has 110 valence electrons. The minimum atomic E-state index is -0.201. The minimum absolute atomic E-state index is 0.0702. The van der Waals surface area contributed by atoms with Crippen LogP contribution in [-0.4, -0.2) is 11.0 Å². The van der Waals surface area contributed by atoms with Crippen molar-refractivity contribution in [2.24, 2.45) is 0 Å². The van der Waals surface area contributed by atoms with E-state index in [4.69, 9.17) is 0 Å².